The second kappa shape index (κ2) is 10.3. The highest BCUT2D eigenvalue weighted by Crippen LogP contribution is 2.21. The normalized spacial score (nSPS) is 14.7. The molecule has 0 bridgehead atoms. The molecule has 148 valence electrons. The molecule has 0 spiro atoms. The lowest BCUT2D eigenvalue weighted by atomic mass is 9.96. The predicted molar refractivity (Wildman–Crippen MR) is 105 cm³/mol. The Morgan fingerprint density at radius 2 is 2.00 bits per heavy atom. The molecule has 0 saturated carbocycles. The van der Waals surface area contributed by atoms with Crippen molar-refractivity contribution < 1.29 is 14.1 Å². The highest BCUT2D eigenvalue weighted by Gasteiger charge is 2.22. The van der Waals surface area contributed by atoms with Gasteiger partial charge in [0, 0.05) is 31.5 Å². The minimum Gasteiger partial charge on any atom is -0.497 e. The fourth-order valence-electron chi connectivity index (χ4n) is 3.26. The molecule has 27 heavy (non-hydrogen) atoms. The molecule has 1 saturated heterocycles. The second-order valence-electron chi connectivity index (χ2n) is 6.62. The molecular formula is C19H27ClN4O3. The van der Waals surface area contributed by atoms with Gasteiger partial charge in [-0.05, 0) is 56.6 Å². The first-order chi connectivity index (χ1) is 12.7. The maximum atomic E-state index is 12.4. The van der Waals surface area contributed by atoms with Crippen LogP contribution in [-0.2, 0) is 11.2 Å². The molecule has 0 radical (unpaired) electrons. The standard InChI is InChI=1S/C19H26N4O3.ClH/c1-20-13-14-9-11-23(12-10-14)18(24)8-7-17-21-19(22-26-17)15-3-5-16(25-2)6-4-15;/h3-6,14,20H,7-13H2,1-2H3;1H. The van der Waals surface area contributed by atoms with Gasteiger partial charge >= 0.3 is 0 Å². The Labute approximate surface area is 165 Å². The maximum absolute atomic E-state index is 12.4. The van der Waals surface area contributed by atoms with E-state index in [0.717, 1.165) is 43.8 Å². The van der Waals surface area contributed by atoms with Crippen LogP contribution in [0.3, 0.4) is 0 Å². The highest BCUT2D eigenvalue weighted by atomic mass is 35.5. The van der Waals surface area contributed by atoms with Gasteiger partial charge in [-0.3, -0.25) is 4.79 Å². The summed E-state index contributed by atoms with van der Waals surface area (Å²) in [6.07, 6.45) is 3.00. The van der Waals surface area contributed by atoms with E-state index in [-0.39, 0.29) is 18.3 Å². The largest absolute Gasteiger partial charge is 0.497 e. The van der Waals surface area contributed by atoms with E-state index in [4.69, 9.17) is 9.26 Å². The second-order valence-corrected chi connectivity index (χ2v) is 6.62. The van der Waals surface area contributed by atoms with E-state index < -0.39 is 0 Å². The van der Waals surface area contributed by atoms with Crippen molar-refractivity contribution in [3.63, 3.8) is 0 Å². The van der Waals surface area contributed by atoms with Crippen molar-refractivity contribution in [3.05, 3.63) is 30.2 Å². The molecule has 0 aliphatic carbocycles. The Bertz CT molecular complexity index is 712. The first-order valence-electron chi connectivity index (χ1n) is 9.09. The Balaban J connectivity index is 0.00000261. The lowest BCUT2D eigenvalue weighted by molar-refractivity contribution is -0.132. The summed E-state index contributed by atoms with van der Waals surface area (Å²) in [5, 5.41) is 7.22. The molecule has 0 atom stereocenters. The predicted octanol–water partition coefficient (Wildman–Crippen LogP) is 2.56. The number of methoxy groups -OCH3 is 1. The number of halogens is 1. The number of hydrogen-bond acceptors (Lipinski definition) is 6. The van der Waals surface area contributed by atoms with Crippen LogP contribution in [0, 0.1) is 5.92 Å². The highest BCUT2D eigenvalue weighted by molar-refractivity contribution is 5.85. The summed E-state index contributed by atoms with van der Waals surface area (Å²) in [5.41, 5.74) is 0.860. The Morgan fingerprint density at radius 1 is 1.30 bits per heavy atom. The van der Waals surface area contributed by atoms with Crippen molar-refractivity contribution in [2.45, 2.75) is 25.7 Å². The number of piperidine rings is 1. The Hall–Kier alpha value is -2.12. The maximum Gasteiger partial charge on any atom is 0.227 e. The van der Waals surface area contributed by atoms with Gasteiger partial charge in [0.15, 0.2) is 0 Å². The Kier molecular flexibility index (Phi) is 8.06. The summed E-state index contributed by atoms with van der Waals surface area (Å²) in [4.78, 5) is 18.7. The number of benzene rings is 1. The molecule has 1 fully saturated rings. The van der Waals surface area contributed by atoms with Crippen molar-refractivity contribution in [2.75, 3.05) is 33.8 Å². The number of nitrogens with zero attached hydrogens (tertiary/aromatic N) is 3. The van der Waals surface area contributed by atoms with Gasteiger partial charge in [0.05, 0.1) is 7.11 Å². The van der Waals surface area contributed by atoms with Crippen LogP contribution < -0.4 is 10.1 Å². The number of amides is 1. The molecular weight excluding hydrogens is 368 g/mol. The fourth-order valence-corrected chi connectivity index (χ4v) is 3.26. The SMILES string of the molecule is CNCC1CCN(C(=O)CCc2nc(-c3ccc(OC)cc3)no2)CC1.Cl. The minimum atomic E-state index is 0. The number of ether oxygens (including phenoxy) is 1. The van der Waals surface area contributed by atoms with E-state index in [9.17, 15) is 4.79 Å². The van der Waals surface area contributed by atoms with Crippen LogP contribution in [0.5, 0.6) is 5.75 Å². The molecule has 1 aromatic carbocycles. The summed E-state index contributed by atoms with van der Waals surface area (Å²) >= 11 is 0. The van der Waals surface area contributed by atoms with Crippen LogP contribution in [0.2, 0.25) is 0 Å². The number of carbonyl (C=O) groups excluding carboxylic acids is 1. The molecule has 7 nitrogen and oxygen atoms in total. The van der Waals surface area contributed by atoms with Crippen molar-refractivity contribution >= 4 is 18.3 Å². The number of nitrogens with one attached hydrogen (secondary N) is 1. The van der Waals surface area contributed by atoms with E-state index in [2.05, 4.69) is 15.5 Å². The van der Waals surface area contributed by atoms with E-state index in [1.54, 1.807) is 7.11 Å². The summed E-state index contributed by atoms with van der Waals surface area (Å²) in [7, 11) is 3.60. The van der Waals surface area contributed by atoms with Crippen LogP contribution in [0.15, 0.2) is 28.8 Å². The van der Waals surface area contributed by atoms with E-state index >= 15 is 0 Å². The molecule has 1 aromatic heterocycles. The van der Waals surface area contributed by atoms with Crippen LogP contribution in [0.25, 0.3) is 11.4 Å². The third-order valence-corrected chi connectivity index (χ3v) is 4.83. The third kappa shape index (κ3) is 5.68. The molecule has 1 N–H and O–H groups in total. The van der Waals surface area contributed by atoms with E-state index in [1.807, 2.05) is 36.2 Å². The van der Waals surface area contributed by atoms with Crippen LogP contribution in [0.1, 0.15) is 25.2 Å². The molecule has 8 heteroatoms. The van der Waals surface area contributed by atoms with Crippen molar-refractivity contribution in [1.82, 2.24) is 20.4 Å². The third-order valence-electron chi connectivity index (χ3n) is 4.83. The quantitative estimate of drug-likeness (QED) is 0.777. The average Bonchev–Trinajstić information content (AvgIpc) is 3.16. The summed E-state index contributed by atoms with van der Waals surface area (Å²) in [5.74, 6) is 2.64. The van der Waals surface area contributed by atoms with Crippen LogP contribution in [-0.4, -0.2) is 54.7 Å². The average molecular weight is 395 g/mol. The molecule has 1 aliphatic heterocycles. The number of carbonyl (C=O) groups is 1. The number of hydrogen-bond donors (Lipinski definition) is 1. The van der Waals surface area contributed by atoms with Crippen molar-refractivity contribution in [2.24, 2.45) is 5.92 Å². The summed E-state index contributed by atoms with van der Waals surface area (Å²) in [6, 6.07) is 7.47. The van der Waals surface area contributed by atoms with E-state index in [1.165, 1.54) is 0 Å². The lowest BCUT2D eigenvalue weighted by Crippen LogP contribution is -2.40. The van der Waals surface area contributed by atoms with Gasteiger partial charge < -0.3 is 19.5 Å². The fraction of sp³-hybridized carbons (Fsp3) is 0.526. The van der Waals surface area contributed by atoms with Crippen molar-refractivity contribution in [1.29, 1.82) is 0 Å². The topological polar surface area (TPSA) is 80.5 Å². The molecule has 1 amide bonds. The number of aromatic nitrogens is 2. The van der Waals surface area contributed by atoms with Gasteiger partial charge in [0.1, 0.15) is 5.75 Å². The summed E-state index contributed by atoms with van der Waals surface area (Å²) < 4.78 is 10.4. The molecule has 0 unspecified atom stereocenters. The molecule has 1 aliphatic rings. The monoisotopic (exact) mass is 394 g/mol. The van der Waals surface area contributed by atoms with Gasteiger partial charge in [-0.1, -0.05) is 5.16 Å². The number of likely N-dealkylation sites (tertiary alicyclic amines) is 1. The minimum absolute atomic E-state index is 0. The zero-order chi connectivity index (χ0) is 18.4. The van der Waals surface area contributed by atoms with Gasteiger partial charge in [0.25, 0.3) is 0 Å². The van der Waals surface area contributed by atoms with Gasteiger partial charge in [0.2, 0.25) is 17.6 Å². The molecule has 3 rings (SSSR count). The zero-order valence-corrected chi connectivity index (χ0v) is 16.6. The first kappa shape index (κ1) is 21.2. The summed E-state index contributed by atoms with van der Waals surface area (Å²) in [6.45, 7) is 2.70. The van der Waals surface area contributed by atoms with Gasteiger partial charge in [-0.15, -0.1) is 12.4 Å². The van der Waals surface area contributed by atoms with Crippen LogP contribution in [0.4, 0.5) is 0 Å². The van der Waals surface area contributed by atoms with Gasteiger partial charge in [-0.2, -0.15) is 4.98 Å². The number of aryl methyl sites for hydroxylation is 1. The number of rotatable bonds is 7. The smallest absolute Gasteiger partial charge is 0.227 e. The lowest BCUT2D eigenvalue weighted by Gasteiger charge is -2.31. The zero-order valence-electron chi connectivity index (χ0n) is 15.8. The Morgan fingerprint density at radius 3 is 2.63 bits per heavy atom. The van der Waals surface area contributed by atoms with Crippen LogP contribution >= 0.6 is 12.4 Å². The first-order valence-corrected chi connectivity index (χ1v) is 9.09. The molecule has 2 heterocycles. The van der Waals surface area contributed by atoms with E-state index in [0.29, 0.717) is 30.5 Å². The molecule has 2 aromatic rings. The van der Waals surface area contributed by atoms with Gasteiger partial charge in [-0.25, -0.2) is 0 Å². The van der Waals surface area contributed by atoms with Crippen molar-refractivity contribution in [3.8, 4) is 17.1 Å².